The largest absolute Gasteiger partial charge is 0.412 e. The molecule has 2 heteroatoms. The van der Waals surface area contributed by atoms with E-state index >= 15 is 0 Å². The second-order valence-electron chi connectivity index (χ2n) is 3.73. The number of unbranched alkanes of at least 4 members (excludes halogenated alkanes) is 6. The Morgan fingerprint density at radius 2 is 1.07 bits per heavy atom. The maximum atomic E-state index is 5.52. The van der Waals surface area contributed by atoms with Crippen molar-refractivity contribution in [3.63, 3.8) is 0 Å². The molecule has 0 bridgehead atoms. The van der Waals surface area contributed by atoms with Gasteiger partial charge in [-0.1, -0.05) is 52.4 Å². The Balaban J connectivity index is 0. The molecular formula is C12H28O2. The molecular weight excluding hydrogens is 176 g/mol. The van der Waals surface area contributed by atoms with Gasteiger partial charge in [0.05, 0.1) is 0 Å². The maximum Gasteiger partial charge on any atom is 0.0466 e. The van der Waals surface area contributed by atoms with Gasteiger partial charge in [-0.2, -0.15) is 0 Å². The summed E-state index contributed by atoms with van der Waals surface area (Å²) in [6.45, 7) is 6.43. The van der Waals surface area contributed by atoms with Gasteiger partial charge in [0.15, 0.2) is 0 Å². The van der Waals surface area contributed by atoms with Crippen LogP contribution in [0.1, 0.15) is 65.2 Å². The van der Waals surface area contributed by atoms with E-state index in [9.17, 15) is 0 Å². The van der Waals surface area contributed by atoms with Crippen LogP contribution in [0, 0.1) is 0 Å². The summed E-state index contributed by atoms with van der Waals surface area (Å²) >= 11 is 0. The third-order valence-corrected chi connectivity index (χ3v) is 2.28. The molecule has 0 radical (unpaired) electrons. The van der Waals surface area contributed by atoms with Crippen LogP contribution in [0.5, 0.6) is 0 Å². The second kappa shape index (κ2) is 15.4. The molecule has 0 rings (SSSR count). The van der Waals surface area contributed by atoms with Crippen LogP contribution in [-0.2, 0) is 4.74 Å². The molecule has 0 saturated heterocycles. The van der Waals surface area contributed by atoms with E-state index in [1.807, 2.05) is 0 Å². The fourth-order valence-electron chi connectivity index (χ4n) is 1.36. The third kappa shape index (κ3) is 14.4. The van der Waals surface area contributed by atoms with Crippen LogP contribution in [0.2, 0.25) is 0 Å². The molecule has 0 unspecified atom stereocenters. The summed E-state index contributed by atoms with van der Waals surface area (Å²) < 4.78 is 5.52. The predicted molar refractivity (Wildman–Crippen MR) is 62.7 cm³/mol. The lowest BCUT2D eigenvalue weighted by Crippen LogP contribution is -1.96. The fourth-order valence-corrected chi connectivity index (χ4v) is 1.36. The van der Waals surface area contributed by atoms with Gasteiger partial charge >= 0.3 is 0 Å². The van der Waals surface area contributed by atoms with Gasteiger partial charge in [-0.25, -0.2) is 0 Å². The number of hydrogen-bond acceptors (Lipinski definition) is 1. The lowest BCUT2D eigenvalue weighted by molar-refractivity contribution is 0.126. The Hall–Kier alpha value is -0.0800. The molecule has 0 fully saturated rings. The molecule has 0 aromatic rings. The van der Waals surface area contributed by atoms with Gasteiger partial charge in [0, 0.05) is 13.2 Å². The lowest BCUT2D eigenvalue weighted by Gasteiger charge is -2.03. The van der Waals surface area contributed by atoms with E-state index in [1.165, 1.54) is 51.4 Å². The normalized spacial score (nSPS) is 9.86. The van der Waals surface area contributed by atoms with Crippen LogP contribution in [0.15, 0.2) is 0 Å². The Kier molecular flexibility index (Phi) is 18.0. The van der Waals surface area contributed by atoms with Crippen molar-refractivity contribution in [2.24, 2.45) is 0 Å². The monoisotopic (exact) mass is 204 g/mol. The highest BCUT2D eigenvalue weighted by atomic mass is 16.5. The van der Waals surface area contributed by atoms with Gasteiger partial charge in [-0.3, -0.25) is 0 Å². The van der Waals surface area contributed by atoms with E-state index in [1.54, 1.807) is 0 Å². The highest BCUT2D eigenvalue weighted by Crippen LogP contribution is 2.02. The van der Waals surface area contributed by atoms with Crippen molar-refractivity contribution < 1.29 is 10.2 Å². The van der Waals surface area contributed by atoms with Gasteiger partial charge in [-0.05, 0) is 12.8 Å². The molecule has 88 valence electrons. The summed E-state index contributed by atoms with van der Waals surface area (Å²) in [5.74, 6) is 0. The van der Waals surface area contributed by atoms with Gasteiger partial charge in [-0.15, -0.1) is 0 Å². The molecule has 0 spiro atoms. The van der Waals surface area contributed by atoms with Crippen molar-refractivity contribution in [2.45, 2.75) is 65.2 Å². The molecule has 0 aliphatic rings. The summed E-state index contributed by atoms with van der Waals surface area (Å²) in [6, 6.07) is 0. The van der Waals surface area contributed by atoms with Crippen LogP contribution < -0.4 is 0 Å². The average molecular weight is 204 g/mol. The van der Waals surface area contributed by atoms with Gasteiger partial charge in [0.25, 0.3) is 0 Å². The van der Waals surface area contributed by atoms with Gasteiger partial charge in [0.1, 0.15) is 0 Å². The first-order valence-corrected chi connectivity index (χ1v) is 5.99. The molecule has 2 N–H and O–H groups in total. The standard InChI is InChI=1S/C12H26O.H2O/c1-3-5-7-8-10-12-13-11-9-6-4-2;/h3-12H2,1-2H3;1H2. The average Bonchev–Trinajstić information content (AvgIpc) is 2.16. The Bertz CT molecular complexity index is 74.4. The second-order valence-corrected chi connectivity index (χ2v) is 3.73. The van der Waals surface area contributed by atoms with Crippen LogP contribution in [0.3, 0.4) is 0 Å². The minimum absolute atomic E-state index is 0. The van der Waals surface area contributed by atoms with E-state index in [0.717, 1.165) is 13.2 Å². The van der Waals surface area contributed by atoms with Crippen molar-refractivity contribution in [2.75, 3.05) is 13.2 Å². The molecule has 0 atom stereocenters. The first kappa shape index (κ1) is 16.4. The molecule has 0 aromatic heterocycles. The zero-order valence-corrected chi connectivity index (χ0v) is 9.98. The quantitative estimate of drug-likeness (QED) is 0.503. The number of rotatable bonds is 10. The van der Waals surface area contributed by atoms with Crippen LogP contribution in [-0.4, -0.2) is 18.7 Å². The summed E-state index contributed by atoms with van der Waals surface area (Å²) in [5, 5.41) is 0. The summed E-state index contributed by atoms with van der Waals surface area (Å²) in [4.78, 5) is 0. The number of ether oxygens (including phenoxy) is 1. The fraction of sp³-hybridized carbons (Fsp3) is 1.00. The summed E-state index contributed by atoms with van der Waals surface area (Å²) in [7, 11) is 0. The van der Waals surface area contributed by atoms with E-state index in [2.05, 4.69) is 13.8 Å². The Morgan fingerprint density at radius 1 is 0.643 bits per heavy atom. The minimum Gasteiger partial charge on any atom is -0.412 e. The molecule has 0 aliphatic heterocycles. The lowest BCUT2D eigenvalue weighted by atomic mass is 10.2. The summed E-state index contributed by atoms with van der Waals surface area (Å²) in [5.41, 5.74) is 0. The maximum absolute atomic E-state index is 5.52. The van der Waals surface area contributed by atoms with E-state index < -0.39 is 0 Å². The molecule has 0 aromatic carbocycles. The van der Waals surface area contributed by atoms with Gasteiger partial charge < -0.3 is 10.2 Å². The zero-order valence-electron chi connectivity index (χ0n) is 9.98. The first-order valence-electron chi connectivity index (χ1n) is 5.99. The SMILES string of the molecule is CCCCCCCOCCCCC.O. The highest BCUT2D eigenvalue weighted by Gasteiger charge is 1.90. The van der Waals surface area contributed by atoms with Crippen LogP contribution >= 0.6 is 0 Å². The molecule has 0 amide bonds. The smallest absolute Gasteiger partial charge is 0.0466 e. The molecule has 2 nitrogen and oxygen atoms in total. The molecule has 0 saturated carbocycles. The third-order valence-electron chi connectivity index (χ3n) is 2.28. The molecule has 0 heterocycles. The molecule has 0 aliphatic carbocycles. The molecule has 14 heavy (non-hydrogen) atoms. The predicted octanol–water partition coefficient (Wildman–Crippen LogP) is 3.34. The van der Waals surface area contributed by atoms with E-state index in [-0.39, 0.29) is 5.48 Å². The number of hydrogen-bond donors (Lipinski definition) is 0. The minimum atomic E-state index is 0. The van der Waals surface area contributed by atoms with Crippen molar-refractivity contribution in [3.05, 3.63) is 0 Å². The Labute approximate surface area is 89.3 Å². The topological polar surface area (TPSA) is 40.7 Å². The van der Waals surface area contributed by atoms with E-state index in [0.29, 0.717) is 0 Å². The first-order chi connectivity index (χ1) is 6.41. The van der Waals surface area contributed by atoms with Crippen molar-refractivity contribution in [1.29, 1.82) is 0 Å². The van der Waals surface area contributed by atoms with Crippen molar-refractivity contribution >= 4 is 0 Å². The highest BCUT2D eigenvalue weighted by molar-refractivity contribution is 4.42. The Morgan fingerprint density at radius 3 is 1.64 bits per heavy atom. The van der Waals surface area contributed by atoms with Gasteiger partial charge in [0.2, 0.25) is 0 Å². The van der Waals surface area contributed by atoms with Crippen LogP contribution in [0.25, 0.3) is 0 Å². The van der Waals surface area contributed by atoms with Crippen molar-refractivity contribution in [1.82, 2.24) is 0 Å². The van der Waals surface area contributed by atoms with Crippen molar-refractivity contribution in [3.8, 4) is 0 Å². The zero-order chi connectivity index (χ0) is 9.78. The van der Waals surface area contributed by atoms with E-state index in [4.69, 9.17) is 4.74 Å². The van der Waals surface area contributed by atoms with Crippen LogP contribution in [0.4, 0.5) is 0 Å². The summed E-state index contributed by atoms with van der Waals surface area (Å²) in [6.07, 6.45) is 10.6.